The first-order chi connectivity index (χ1) is 12.2. The normalized spacial score (nSPS) is 14.8. The van der Waals surface area contributed by atoms with E-state index in [-0.39, 0.29) is 22.2 Å². The SMILES string of the molecule is CC(C(=O)Nc1ccc(SC(F)(F)F)cc1)n1nc2c(cc1=O)CCC2. The molecule has 0 saturated heterocycles. The molecule has 1 atom stereocenters. The Kier molecular flexibility index (Phi) is 5.08. The van der Waals surface area contributed by atoms with E-state index in [0.29, 0.717) is 5.69 Å². The number of aromatic nitrogens is 2. The summed E-state index contributed by atoms with van der Waals surface area (Å²) in [5.41, 5.74) is -2.60. The third-order valence-electron chi connectivity index (χ3n) is 4.08. The lowest BCUT2D eigenvalue weighted by Gasteiger charge is -2.15. The van der Waals surface area contributed by atoms with Crippen molar-refractivity contribution in [1.29, 1.82) is 0 Å². The number of fused-ring (bicyclic) bond motifs is 1. The van der Waals surface area contributed by atoms with Crippen LogP contribution in [-0.4, -0.2) is 21.2 Å². The molecule has 5 nitrogen and oxygen atoms in total. The molecule has 1 aromatic heterocycles. The number of nitrogens with one attached hydrogen (secondary N) is 1. The fourth-order valence-corrected chi connectivity index (χ4v) is 3.33. The highest BCUT2D eigenvalue weighted by Crippen LogP contribution is 2.37. The number of hydrogen-bond donors (Lipinski definition) is 1. The Morgan fingerprint density at radius 1 is 1.27 bits per heavy atom. The van der Waals surface area contributed by atoms with Gasteiger partial charge in [0.1, 0.15) is 6.04 Å². The predicted octanol–water partition coefficient (Wildman–Crippen LogP) is 3.54. The number of hydrogen-bond acceptors (Lipinski definition) is 4. The number of amides is 1. The van der Waals surface area contributed by atoms with E-state index in [1.165, 1.54) is 30.3 Å². The maximum atomic E-state index is 12.4. The molecule has 0 fully saturated rings. The van der Waals surface area contributed by atoms with Gasteiger partial charge in [0.25, 0.3) is 5.56 Å². The number of nitrogens with zero attached hydrogens (tertiary/aromatic N) is 2. The van der Waals surface area contributed by atoms with Gasteiger partial charge in [-0.05, 0) is 67.8 Å². The van der Waals surface area contributed by atoms with Crippen LogP contribution < -0.4 is 10.9 Å². The summed E-state index contributed by atoms with van der Waals surface area (Å²) in [4.78, 5) is 24.6. The lowest BCUT2D eigenvalue weighted by Crippen LogP contribution is -2.33. The smallest absolute Gasteiger partial charge is 0.324 e. The Morgan fingerprint density at radius 3 is 2.62 bits per heavy atom. The molecule has 1 aliphatic rings. The molecule has 0 aliphatic heterocycles. The van der Waals surface area contributed by atoms with Crippen LogP contribution in [-0.2, 0) is 17.6 Å². The molecule has 0 saturated carbocycles. The fraction of sp³-hybridized carbons (Fsp3) is 0.353. The summed E-state index contributed by atoms with van der Waals surface area (Å²) in [5, 5.41) is 6.88. The van der Waals surface area contributed by atoms with Gasteiger partial charge in [-0.3, -0.25) is 9.59 Å². The predicted molar refractivity (Wildman–Crippen MR) is 92.2 cm³/mol. The van der Waals surface area contributed by atoms with Crippen LogP contribution in [0.1, 0.15) is 30.6 Å². The van der Waals surface area contributed by atoms with Crippen LogP contribution in [0.4, 0.5) is 18.9 Å². The summed E-state index contributed by atoms with van der Waals surface area (Å²) in [6.45, 7) is 1.55. The Balaban J connectivity index is 1.71. The molecule has 0 spiro atoms. The molecule has 1 amide bonds. The second-order valence-electron chi connectivity index (χ2n) is 5.99. The van der Waals surface area contributed by atoms with Crippen molar-refractivity contribution in [1.82, 2.24) is 9.78 Å². The molecule has 0 bridgehead atoms. The Hall–Kier alpha value is -2.29. The van der Waals surface area contributed by atoms with Crippen LogP contribution in [0.25, 0.3) is 0 Å². The van der Waals surface area contributed by atoms with Crippen LogP contribution in [0.15, 0.2) is 40.0 Å². The molecule has 1 aliphatic carbocycles. The average Bonchev–Trinajstić information content (AvgIpc) is 3.01. The van der Waals surface area contributed by atoms with E-state index in [1.807, 2.05) is 0 Å². The number of alkyl halides is 3. The first-order valence-electron chi connectivity index (χ1n) is 8.01. The summed E-state index contributed by atoms with van der Waals surface area (Å²) < 4.78 is 38.1. The molecule has 1 aromatic carbocycles. The van der Waals surface area contributed by atoms with E-state index in [9.17, 15) is 22.8 Å². The quantitative estimate of drug-likeness (QED) is 0.821. The van der Waals surface area contributed by atoms with Gasteiger partial charge < -0.3 is 5.32 Å². The Morgan fingerprint density at radius 2 is 1.96 bits per heavy atom. The van der Waals surface area contributed by atoms with Crippen LogP contribution >= 0.6 is 11.8 Å². The summed E-state index contributed by atoms with van der Waals surface area (Å²) in [6, 6.07) is 6.01. The van der Waals surface area contributed by atoms with Gasteiger partial charge in [0.2, 0.25) is 5.91 Å². The maximum absolute atomic E-state index is 12.4. The van der Waals surface area contributed by atoms with E-state index < -0.39 is 17.5 Å². The summed E-state index contributed by atoms with van der Waals surface area (Å²) in [7, 11) is 0. The van der Waals surface area contributed by atoms with Crippen molar-refractivity contribution in [2.75, 3.05) is 5.32 Å². The van der Waals surface area contributed by atoms with E-state index in [2.05, 4.69) is 10.4 Å². The zero-order valence-corrected chi connectivity index (χ0v) is 14.7. The molecule has 138 valence electrons. The standard InChI is InChI=1S/C17H16F3N3O2S/c1-10(23-15(24)9-11-3-2-4-14(11)22-23)16(25)21-12-5-7-13(8-6-12)26-17(18,19)20/h5-10H,2-4H2,1H3,(H,21,25). The summed E-state index contributed by atoms with van der Waals surface area (Å²) in [5.74, 6) is -0.464. The van der Waals surface area contributed by atoms with Gasteiger partial charge >= 0.3 is 5.51 Å². The molecule has 1 heterocycles. The van der Waals surface area contributed by atoms with Gasteiger partial charge in [0, 0.05) is 16.6 Å². The summed E-state index contributed by atoms with van der Waals surface area (Å²) >= 11 is -0.223. The lowest BCUT2D eigenvalue weighted by atomic mass is 10.2. The highest BCUT2D eigenvalue weighted by Gasteiger charge is 2.29. The minimum absolute atomic E-state index is 0.0278. The van der Waals surface area contributed by atoms with Gasteiger partial charge in [-0.2, -0.15) is 18.3 Å². The number of aryl methyl sites for hydroxylation is 2. The van der Waals surface area contributed by atoms with Gasteiger partial charge in [0.05, 0.1) is 5.69 Å². The van der Waals surface area contributed by atoms with Gasteiger partial charge in [-0.25, -0.2) is 4.68 Å². The van der Waals surface area contributed by atoms with Crippen LogP contribution in [0.2, 0.25) is 0 Å². The molecule has 1 N–H and O–H groups in total. The lowest BCUT2D eigenvalue weighted by molar-refractivity contribution is -0.119. The average molecular weight is 383 g/mol. The van der Waals surface area contributed by atoms with E-state index in [0.717, 1.165) is 35.2 Å². The van der Waals surface area contributed by atoms with Crippen LogP contribution in [0, 0.1) is 0 Å². The van der Waals surface area contributed by atoms with Crippen molar-refractivity contribution in [3.05, 3.63) is 51.9 Å². The second kappa shape index (κ2) is 7.14. The Labute approximate surface area is 151 Å². The van der Waals surface area contributed by atoms with E-state index >= 15 is 0 Å². The molecular weight excluding hydrogens is 367 g/mol. The number of carbonyl (C=O) groups excluding carboxylic acids is 1. The summed E-state index contributed by atoms with van der Waals surface area (Å²) in [6.07, 6.45) is 2.54. The Bertz CT molecular complexity index is 878. The molecule has 26 heavy (non-hydrogen) atoms. The van der Waals surface area contributed by atoms with Gasteiger partial charge in [-0.1, -0.05) is 0 Å². The number of thioether (sulfide) groups is 1. The number of rotatable bonds is 4. The zero-order chi connectivity index (χ0) is 18.9. The van der Waals surface area contributed by atoms with Crippen LogP contribution in [0.3, 0.4) is 0 Å². The molecule has 3 rings (SSSR count). The number of carbonyl (C=O) groups is 1. The van der Waals surface area contributed by atoms with Crippen molar-refractivity contribution in [2.45, 2.75) is 42.6 Å². The number of halogens is 3. The molecule has 1 unspecified atom stereocenters. The van der Waals surface area contributed by atoms with E-state index in [1.54, 1.807) is 6.92 Å². The molecular formula is C17H16F3N3O2S. The molecule has 0 radical (unpaired) electrons. The van der Waals surface area contributed by atoms with Crippen molar-refractivity contribution in [3.63, 3.8) is 0 Å². The van der Waals surface area contributed by atoms with Crippen molar-refractivity contribution in [2.24, 2.45) is 0 Å². The minimum atomic E-state index is -4.36. The third kappa shape index (κ3) is 4.27. The number of benzene rings is 1. The van der Waals surface area contributed by atoms with Gasteiger partial charge in [0.15, 0.2) is 0 Å². The third-order valence-corrected chi connectivity index (χ3v) is 4.82. The monoisotopic (exact) mass is 383 g/mol. The van der Waals surface area contributed by atoms with Gasteiger partial charge in [-0.15, -0.1) is 0 Å². The molecule has 2 aromatic rings. The maximum Gasteiger partial charge on any atom is 0.446 e. The largest absolute Gasteiger partial charge is 0.446 e. The van der Waals surface area contributed by atoms with Crippen LogP contribution in [0.5, 0.6) is 0 Å². The fourth-order valence-electron chi connectivity index (χ4n) is 2.79. The zero-order valence-electron chi connectivity index (χ0n) is 13.8. The topological polar surface area (TPSA) is 64.0 Å². The highest BCUT2D eigenvalue weighted by molar-refractivity contribution is 8.00. The van der Waals surface area contributed by atoms with E-state index in [4.69, 9.17) is 0 Å². The minimum Gasteiger partial charge on any atom is -0.324 e. The molecule has 9 heteroatoms. The first-order valence-corrected chi connectivity index (χ1v) is 8.83. The van der Waals surface area contributed by atoms with Crippen molar-refractivity contribution < 1.29 is 18.0 Å². The van der Waals surface area contributed by atoms with Crippen molar-refractivity contribution in [3.8, 4) is 0 Å². The highest BCUT2D eigenvalue weighted by atomic mass is 32.2. The first kappa shape index (κ1) is 18.5. The van der Waals surface area contributed by atoms with Crippen molar-refractivity contribution >= 4 is 23.4 Å². The second-order valence-corrected chi connectivity index (χ2v) is 7.13. The number of anilines is 1.